The Bertz CT molecular complexity index is 171. The third kappa shape index (κ3) is 3.95. The van der Waals surface area contributed by atoms with E-state index in [1.165, 1.54) is 0 Å². The number of aliphatic hydroxyl groups excluding tert-OH is 1. The van der Waals surface area contributed by atoms with Gasteiger partial charge in [-0.1, -0.05) is 13.8 Å². The highest BCUT2D eigenvalue weighted by molar-refractivity contribution is 4.78. The van der Waals surface area contributed by atoms with Crippen molar-refractivity contribution in [1.82, 2.24) is 5.32 Å². The van der Waals surface area contributed by atoms with Gasteiger partial charge in [0.1, 0.15) is 0 Å². The van der Waals surface area contributed by atoms with Crippen LogP contribution in [-0.4, -0.2) is 37.0 Å². The van der Waals surface area contributed by atoms with Crippen molar-refractivity contribution in [3.8, 4) is 0 Å². The molecule has 2 N–H and O–H groups in total. The van der Waals surface area contributed by atoms with Crippen LogP contribution < -0.4 is 5.32 Å². The van der Waals surface area contributed by atoms with E-state index in [2.05, 4.69) is 26.1 Å². The summed E-state index contributed by atoms with van der Waals surface area (Å²) in [6.07, 6.45) is 2.55. The van der Waals surface area contributed by atoms with E-state index in [0.717, 1.165) is 26.0 Å². The van der Waals surface area contributed by atoms with Gasteiger partial charge in [0.05, 0.1) is 6.10 Å². The monoisotopic (exact) mass is 201 g/mol. The minimum absolute atomic E-state index is 0.0124. The third-order valence-electron chi connectivity index (χ3n) is 2.78. The molecule has 1 heterocycles. The molecule has 0 aromatic heterocycles. The Morgan fingerprint density at radius 1 is 1.50 bits per heavy atom. The zero-order valence-corrected chi connectivity index (χ0v) is 9.55. The molecule has 0 aliphatic carbocycles. The normalized spacial score (nSPS) is 29.1. The molecule has 0 bridgehead atoms. The highest BCUT2D eigenvalue weighted by Crippen LogP contribution is 2.16. The molecule has 1 saturated heterocycles. The van der Waals surface area contributed by atoms with Crippen molar-refractivity contribution in [1.29, 1.82) is 0 Å². The summed E-state index contributed by atoms with van der Waals surface area (Å²) in [4.78, 5) is 0. The Morgan fingerprint density at radius 2 is 2.21 bits per heavy atom. The highest BCUT2D eigenvalue weighted by Gasteiger charge is 2.22. The van der Waals surface area contributed by atoms with Crippen molar-refractivity contribution < 1.29 is 9.84 Å². The molecule has 2 atom stereocenters. The third-order valence-corrected chi connectivity index (χ3v) is 2.78. The van der Waals surface area contributed by atoms with Gasteiger partial charge in [-0.25, -0.2) is 0 Å². The summed E-state index contributed by atoms with van der Waals surface area (Å²) < 4.78 is 5.48. The maximum absolute atomic E-state index is 9.11. The smallest absolute Gasteiger partial charge is 0.0561 e. The zero-order chi connectivity index (χ0) is 10.6. The van der Waals surface area contributed by atoms with E-state index >= 15 is 0 Å². The minimum Gasteiger partial charge on any atom is -0.396 e. The predicted octanol–water partition coefficient (Wildman–Crippen LogP) is 1.16. The van der Waals surface area contributed by atoms with Gasteiger partial charge in [0.2, 0.25) is 0 Å². The standard InChI is InChI=1S/C11H23NO2/c1-9-6-10(4-5-14-9)12-7-11(2,3)8-13/h9-10,12-13H,4-8H2,1-3H3. The van der Waals surface area contributed by atoms with Gasteiger partial charge >= 0.3 is 0 Å². The molecule has 2 unspecified atom stereocenters. The average molecular weight is 201 g/mol. The van der Waals surface area contributed by atoms with Crippen LogP contribution in [0.1, 0.15) is 33.6 Å². The van der Waals surface area contributed by atoms with Crippen molar-refractivity contribution in [2.45, 2.75) is 45.8 Å². The highest BCUT2D eigenvalue weighted by atomic mass is 16.5. The summed E-state index contributed by atoms with van der Waals surface area (Å²) in [7, 11) is 0. The van der Waals surface area contributed by atoms with Crippen molar-refractivity contribution >= 4 is 0 Å². The van der Waals surface area contributed by atoms with Crippen LogP contribution >= 0.6 is 0 Å². The number of rotatable bonds is 4. The number of nitrogens with one attached hydrogen (secondary N) is 1. The lowest BCUT2D eigenvalue weighted by atomic mass is 9.93. The molecule has 0 radical (unpaired) electrons. The van der Waals surface area contributed by atoms with Gasteiger partial charge in [0.25, 0.3) is 0 Å². The molecular weight excluding hydrogens is 178 g/mol. The lowest BCUT2D eigenvalue weighted by molar-refractivity contribution is 0.0106. The lowest BCUT2D eigenvalue weighted by Gasteiger charge is -2.31. The van der Waals surface area contributed by atoms with Gasteiger partial charge in [-0.2, -0.15) is 0 Å². The number of aliphatic hydroxyl groups is 1. The fraction of sp³-hybridized carbons (Fsp3) is 1.00. The molecule has 3 heteroatoms. The fourth-order valence-electron chi connectivity index (χ4n) is 1.66. The molecule has 0 aromatic carbocycles. The Labute approximate surface area is 86.8 Å². The van der Waals surface area contributed by atoms with E-state index in [-0.39, 0.29) is 12.0 Å². The molecule has 84 valence electrons. The molecule has 3 nitrogen and oxygen atoms in total. The Hall–Kier alpha value is -0.120. The maximum atomic E-state index is 9.11. The quantitative estimate of drug-likeness (QED) is 0.717. The summed E-state index contributed by atoms with van der Waals surface area (Å²) in [5, 5.41) is 12.6. The minimum atomic E-state index is -0.0124. The van der Waals surface area contributed by atoms with Gasteiger partial charge in [-0.3, -0.25) is 0 Å². The van der Waals surface area contributed by atoms with Gasteiger partial charge in [0.15, 0.2) is 0 Å². The van der Waals surface area contributed by atoms with E-state index in [4.69, 9.17) is 9.84 Å². The molecule has 0 amide bonds. The van der Waals surface area contributed by atoms with Crippen LogP contribution in [0.2, 0.25) is 0 Å². The lowest BCUT2D eigenvalue weighted by Crippen LogP contribution is -2.43. The van der Waals surface area contributed by atoms with Gasteiger partial charge in [0, 0.05) is 31.2 Å². The molecule has 0 saturated carbocycles. The van der Waals surface area contributed by atoms with Crippen molar-refractivity contribution in [2.24, 2.45) is 5.41 Å². The summed E-state index contributed by atoms with van der Waals surface area (Å²) in [6.45, 7) is 8.23. The molecule has 1 fully saturated rings. The summed E-state index contributed by atoms with van der Waals surface area (Å²) in [6, 6.07) is 0.560. The van der Waals surface area contributed by atoms with Crippen LogP contribution in [0.3, 0.4) is 0 Å². The first kappa shape index (κ1) is 12.0. The van der Waals surface area contributed by atoms with E-state index in [0.29, 0.717) is 12.1 Å². The van der Waals surface area contributed by atoms with E-state index < -0.39 is 0 Å². The average Bonchev–Trinajstić information content (AvgIpc) is 2.15. The topological polar surface area (TPSA) is 41.5 Å². The van der Waals surface area contributed by atoms with Gasteiger partial charge in [-0.05, 0) is 19.8 Å². The first-order valence-corrected chi connectivity index (χ1v) is 5.49. The number of hydrogen-bond acceptors (Lipinski definition) is 3. The van der Waals surface area contributed by atoms with E-state index in [1.54, 1.807) is 0 Å². The molecule has 1 aliphatic heterocycles. The second kappa shape index (κ2) is 5.10. The van der Waals surface area contributed by atoms with Crippen LogP contribution in [0, 0.1) is 5.41 Å². The first-order valence-electron chi connectivity index (χ1n) is 5.49. The first-order chi connectivity index (χ1) is 6.53. The molecule has 0 spiro atoms. The molecule has 14 heavy (non-hydrogen) atoms. The second-order valence-corrected chi connectivity index (χ2v) is 5.11. The Kier molecular flexibility index (Phi) is 4.35. The SMILES string of the molecule is CC1CC(NCC(C)(C)CO)CCO1. The number of ether oxygens (including phenoxy) is 1. The predicted molar refractivity (Wildman–Crippen MR) is 57.3 cm³/mol. The van der Waals surface area contributed by atoms with Crippen molar-refractivity contribution in [2.75, 3.05) is 19.8 Å². The molecule has 0 aromatic rings. The van der Waals surface area contributed by atoms with E-state index in [9.17, 15) is 0 Å². The van der Waals surface area contributed by atoms with Crippen LogP contribution in [0.5, 0.6) is 0 Å². The summed E-state index contributed by atoms with van der Waals surface area (Å²) in [5.41, 5.74) is -0.0124. The fourth-order valence-corrected chi connectivity index (χ4v) is 1.66. The second-order valence-electron chi connectivity index (χ2n) is 5.11. The van der Waals surface area contributed by atoms with Crippen LogP contribution in [0.25, 0.3) is 0 Å². The maximum Gasteiger partial charge on any atom is 0.0561 e. The van der Waals surface area contributed by atoms with Crippen molar-refractivity contribution in [3.63, 3.8) is 0 Å². The molecule has 1 rings (SSSR count). The number of hydrogen-bond donors (Lipinski definition) is 2. The largest absolute Gasteiger partial charge is 0.396 e. The van der Waals surface area contributed by atoms with Gasteiger partial charge < -0.3 is 15.2 Å². The Morgan fingerprint density at radius 3 is 2.79 bits per heavy atom. The Balaban J connectivity index is 2.23. The van der Waals surface area contributed by atoms with Crippen LogP contribution in [-0.2, 0) is 4.74 Å². The van der Waals surface area contributed by atoms with E-state index in [1.807, 2.05) is 0 Å². The van der Waals surface area contributed by atoms with Gasteiger partial charge in [-0.15, -0.1) is 0 Å². The van der Waals surface area contributed by atoms with Crippen LogP contribution in [0.4, 0.5) is 0 Å². The van der Waals surface area contributed by atoms with Crippen molar-refractivity contribution in [3.05, 3.63) is 0 Å². The molecule has 1 aliphatic rings. The summed E-state index contributed by atoms with van der Waals surface area (Å²) in [5.74, 6) is 0. The summed E-state index contributed by atoms with van der Waals surface area (Å²) >= 11 is 0. The molecular formula is C11H23NO2. The zero-order valence-electron chi connectivity index (χ0n) is 9.55. The van der Waals surface area contributed by atoms with Crippen LogP contribution in [0.15, 0.2) is 0 Å².